The van der Waals surface area contributed by atoms with Gasteiger partial charge in [0.1, 0.15) is 11.5 Å². The second kappa shape index (κ2) is 7.06. The van der Waals surface area contributed by atoms with Gasteiger partial charge >= 0.3 is 5.97 Å². The average molecular weight is 351 g/mol. The Balaban J connectivity index is 1.77. The van der Waals surface area contributed by atoms with Crippen molar-refractivity contribution in [2.45, 2.75) is 6.42 Å². The van der Waals surface area contributed by atoms with E-state index >= 15 is 0 Å². The highest BCUT2D eigenvalue weighted by atomic mass is 16.4. The molecule has 8 heteroatoms. The van der Waals surface area contributed by atoms with Crippen molar-refractivity contribution in [3.63, 3.8) is 0 Å². The van der Waals surface area contributed by atoms with Crippen LogP contribution in [0, 0.1) is 5.41 Å². The number of nitrogens with one attached hydrogen (secondary N) is 2. The summed E-state index contributed by atoms with van der Waals surface area (Å²) in [6.45, 7) is 0.0842. The van der Waals surface area contributed by atoms with Crippen LogP contribution in [0.2, 0.25) is 0 Å². The Morgan fingerprint density at radius 3 is 2.46 bits per heavy atom. The second-order valence-corrected chi connectivity index (χ2v) is 5.70. The lowest BCUT2D eigenvalue weighted by Gasteiger charge is -2.04. The summed E-state index contributed by atoms with van der Waals surface area (Å²) < 4.78 is 1.79. The number of amidine groups is 1. The number of nitrogens with zero attached hydrogens (tertiary/aromatic N) is 2. The zero-order valence-electron chi connectivity index (χ0n) is 13.8. The van der Waals surface area contributed by atoms with Gasteiger partial charge in [0.25, 0.3) is 5.91 Å². The van der Waals surface area contributed by atoms with Crippen LogP contribution in [-0.2, 0) is 4.79 Å². The van der Waals surface area contributed by atoms with Gasteiger partial charge in [-0.25, -0.2) is 4.98 Å². The smallest absolute Gasteiger partial charge is 0.305 e. The minimum atomic E-state index is -0.958. The number of hydrogen-bond donors (Lipinski definition) is 4. The third-order valence-corrected chi connectivity index (χ3v) is 3.83. The van der Waals surface area contributed by atoms with Crippen molar-refractivity contribution in [3.05, 3.63) is 59.9 Å². The summed E-state index contributed by atoms with van der Waals surface area (Å²) in [5.74, 6) is -1.29. The van der Waals surface area contributed by atoms with E-state index in [4.69, 9.17) is 16.2 Å². The van der Waals surface area contributed by atoms with Crippen LogP contribution in [0.5, 0.6) is 0 Å². The van der Waals surface area contributed by atoms with Gasteiger partial charge in [-0.1, -0.05) is 12.1 Å². The van der Waals surface area contributed by atoms with Gasteiger partial charge in [0.2, 0.25) is 0 Å². The van der Waals surface area contributed by atoms with Crippen LogP contribution in [0.15, 0.2) is 48.8 Å². The molecule has 0 spiro atoms. The number of amides is 1. The number of benzene rings is 1. The number of carboxylic acids is 1. The standard InChI is InChI=1S/C18H17N5O3/c19-17(20)13-5-6-15-22-14(10-23(15)9-13)11-1-3-12(4-2-11)18(26)21-8-7-16(24)25/h1-6,9-10H,7-8H2,(H3,19,20)(H,21,26)(H,24,25). The molecule has 132 valence electrons. The fourth-order valence-electron chi connectivity index (χ4n) is 2.47. The first-order chi connectivity index (χ1) is 12.4. The van der Waals surface area contributed by atoms with Gasteiger partial charge in [0, 0.05) is 35.6 Å². The predicted octanol–water partition coefficient (Wildman–Crippen LogP) is 1.49. The van der Waals surface area contributed by atoms with E-state index in [1.807, 2.05) is 6.20 Å². The molecule has 8 nitrogen and oxygen atoms in total. The number of carbonyl (C=O) groups excluding carboxylic acids is 1. The van der Waals surface area contributed by atoms with E-state index in [9.17, 15) is 9.59 Å². The Hall–Kier alpha value is -3.68. The summed E-state index contributed by atoms with van der Waals surface area (Å²) in [6, 6.07) is 10.4. The lowest BCUT2D eigenvalue weighted by Crippen LogP contribution is -2.25. The molecule has 0 atom stereocenters. The maximum absolute atomic E-state index is 12.0. The molecule has 0 aliphatic rings. The molecular weight excluding hydrogens is 334 g/mol. The quantitative estimate of drug-likeness (QED) is 0.394. The number of fused-ring (bicyclic) bond motifs is 1. The minimum Gasteiger partial charge on any atom is -0.481 e. The molecule has 26 heavy (non-hydrogen) atoms. The van der Waals surface area contributed by atoms with Crippen LogP contribution in [-0.4, -0.2) is 38.7 Å². The van der Waals surface area contributed by atoms with Crippen molar-refractivity contribution in [2.24, 2.45) is 5.73 Å². The number of hydrogen-bond acceptors (Lipinski definition) is 4. The summed E-state index contributed by atoms with van der Waals surface area (Å²) in [6.07, 6.45) is 3.44. The zero-order valence-corrected chi connectivity index (χ0v) is 13.8. The van der Waals surface area contributed by atoms with Crippen LogP contribution >= 0.6 is 0 Å². The van der Waals surface area contributed by atoms with Crippen molar-refractivity contribution >= 4 is 23.4 Å². The number of imidazole rings is 1. The Kier molecular flexibility index (Phi) is 4.66. The van der Waals surface area contributed by atoms with E-state index < -0.39 is 5.97 Å². The van der Waals surface area contributed by atoms with Gasteiger partial charge in [-0.15, -0.1) is 0 Å². The molecule has 5 N–H and O–H groups in total. The summed E-state index contributed by atoms with van der Waals surface area (Å²) in [5, 5.41) is 18.6. The predicted molar refractivity (Wildman–Crippen MR) is 96.2 cm³/mol. The van der Waals surface area contributed by atoms with Crippen molar-refractivity contribution in [1.82, 2.24) is 14.7 Å². The normalized spacial score (nSPS) is 10.6. The molecule has 0 saturated carbocycles. The third-order valence-electron chi connectivity index (χ3n) is 3.83. The first kappa shape index (κ1) is 17.2. The topological polar surface area (TPSA) is 134 Å². The van der Waals surface area contributed by atoms with E-state index in [1.54, 1.807) is 47.0 Å². The Labute approximate surface area is 148 Å². The van der Waals surface area contributed by atoms with Crippen molar-refractivity contribution in [2.75, 3.05) is 6.54 Å². The van der Waals surface area contributed by atoms with Gasteiger partial charge in [-0.05, 0) is 24.3 Å². The number of nitrogens with two attached hydrogens (primary N) is 1. The molecule has 0 unspecified atom stereocenters. The summed E-state index contributed by atoms with van der Waals surface area (Å²) in [7, 11) is 0. The molecule has 2 aromatic heterocycles. The number of aliphatic carboxylic acids is 1. The fraction of sp³-hybridized carbons (Fsp3) is 0.111. The van der Waals surface area contributed by atoms with Gasteiger partial charge in [-0.2, -0.15) is 0 Å². The van der Waals surface area contributed by atoms with Crippen LogP contribution in [0.4, 0.5) is 0 Å². The summed E-state index contributed by atoms with van der Waals surface area (Å²) in [4.78, 5) is 26.9. The molecule has 0 saturated heterocycles. The van der Waals surface area contributed by atoms with E-state index in [0.717, 1.165) is 16.9 Å². The van der Waals surface area contributed by atoms with Crippen LogP contribution in [0.1, 0.15) is 22.3 Å². The third kappa shape index (κ3) is 3.69. The maximum atomic E-state index is 12.0. The largest absolute Gasteiger partial charge is 0.481 e. The lowest BCUT2D eigenvalue weighted by molar-refractivity contribution is -0.136. The molecule has 1 aromatic carbocycles. The van der Waals surface area contributed by atoms with Crippen LogP contribution in [0.25, 0.3) is 16.9 Å². The van der Waals surface area contributed by atoms with Gasteiger partial charge in [0.05, 0.1) is 12.1 Å². The highest BCUT2D eigenvalue weighted by Gasteiger charge is 2.09. The monoisotopic (exact) mass is 351 g/mol. The molecule has 0 fully saturated rings. The number of pyridine rings is 1. The zero-order chi connectivity index (χ0) is 18.7. The minimum absolute atomic E-state index is 0.0135. The number of nitrogen functional groups attached to an aromatic ring is 1. The highest BCUT2D eigenvalue weighted by Crippen LogP contribution is 2.20. The molecule has 3 aromatic rings. The Morgan fingerprint density at radius 1 is 1.12 bits per heavy atom. The molecule has 0 radical (unpaired) electrons. The first-order valence-corrected chi connectivity index (χ1v) is 7.87. The van der Waals surface area contributed by atoms with E-state index in [-0.39, 0.29) is 24.7 Å². The molecule has 3 rings (SSSR count). The summed E-state index contributed by atoms with van der Waals surface area (Å²) in [5.41, 5.74) is 8.83. The summed E-state index contributed by atoms with van der Waals surface area (Å²) >= 11 is 0. The van der Waals surface area contributed by atoms with E-state index in [0.29, 0.717) is 11.1 Å². The average Bonchev–Trinajstić information content (AvgIpc) is 3.04. The maximum Gasteiger partial charge on any atom is 0.305 e. The van der Waals surface area contributed by atoms with Gasteiger partial charge < -0.3 is 20.6 Å². The first-order valence-electron chi connectivity index (χ1n) is 7.87. The number of carboxylic acid groups (broad SMARTS) is 1. The van der Waals surface area contributed by atoms with E-state index in [2.05, 4.69) is 10.3 Å². The van der Waals surface area contributed by atoms with E-state index in [1.165, 1.54) is 0 Å². The molecule has 0 bridgehead atoms. The second-order valence-electron chi connectivity index (χ2n) is 5.70. The molecule has 0 aliphatic heterocycles. The highest BCUT2D eigenvalue weighted by molar-refractivity contribution is 5.95. The van der Waals surface area contributed by atoms with Crippen molar-refractivity contribution < 1.29 is 14.7 Å². The van der Waals surface area contributed by atoms with Gasteiger partial charge in [0.15, 0.2) is 0 Å². The molecule has 0 aliphatic carbocycles. The number of carbonyl (C=O) groups is 2. The fourth-order valence-corrected chi connectivity index (χ4v) is 2.47. The Morgan fingerprint density at radius 2 is 1.81 bits per heavy atom. The van der Waals surface area contributed by atoms with Crippen LogP contribution in [0.3, 0.4) is 0 Å². The lowest BCUT2D eigenvalue weighted by atomic mass is 10.1. The number of aromatic nitrogens is 2. The molecule has 2 heterocycles. The van der Waals surface area contributed by atoms with Crippen molar-refractivity contribution in [3.8, 4) is 11.3 Å². The molecule has 1 amide bonds. The SMILES string of the molecule is N=C(N)c1ccc2nc(-c3ccc(C(=O)NCCC(=O)O)cc3)cn2c1. The molecular formula is C18H17N5O3. The Bertz CT molecular complexity index is 992. The van der Waals surface area contributed by atoms with Crippen molar-refractivity contribution in [1.29, 1.82) is 5.41 Å². The van der Waals surface area contributed by atoms with Crippen LogP contribution < -0.4 is 11.1 Å². The number of rotatable bonds is 6. The van der Waals surface area contributed by atoms with Gasteiger partial charge in [-0.3, -0.25) is 15.0 Å².